The van der Waals surface area contributed by atoms with Crippen molar-refractivity contribution in [2.24, 2.45) is 5.92 Å². The minimum Gasteiger partial charge on any atom is -0.481 e. The van der Waals surface area contributed by atoms with Gasteiger partial charge in [0.2, 0.25) is 11.8 Å². The molecule has 32 heavy (non-hydrogen) atoms. The Bertz CT molecular complexity index is 790. The van der Waals surface area contributed by atoms with Crippen LogP contribution in [0.5, 0.6) is 0 Å². The van der Waals surface area contributed by atoms with Gasteiger partial charge >= 0.3 is 5.97 Å². The highest BCUT2D eigenvalue weighted by molar-refractivity contribution is 5.93. The number of carboxylic acids is 1. The van der Waals surface area contributed by atoms with Crippen molar-refractivity contribution in [2.75, 3.05) is 77.8 Å². The van der Waals surface area contributed by atoms with E-state index in [9.17, 15) is 23.9 Å². The molecule has 0 aromatic heterocycles. The number of hydrogen-bond donors (Lipinski definition) is 2. The Morgan fingerprint density at radius 2 is 1.56 bits per heavy atom. The minimum absolute atomic E-state index is 0.146. The van der Waals surface area contributed by atoms with E-state index in [1.807, 2.05) is 9.80 Å². The highest BCUT2D eigenvalue weighted by Gasteiger charge is 2.28. The van der Waals surface area contributed by atoms with Crippen LogP contribution in [0.1, 0.15) is 6.42 Å². The van der Waals surface area contributed by atoms with Crippen molar-refractivity contribution in [1.82, 2.24) is 19.6 Å². The molecule has 0 aliphatic carbocycles. The zero-order chi connectivity index (χ0) is 23.1. The number of hydrogen-bond acceptors (Lipinski definition) is 6. The monoisotopic (exact) mass is 449 g/mol. The number of nitrogens with zero attached hydrogens (tertiary/aromatic N) is 4. The van der Waals surface area contributed by atoms with E-state index in [0.717, 1.165) is 26.2 Å². The average molecular weight is 450 g/mol. The molecule has 2 aliphatic rings. The molecule has 9 nitrogen and oxygen atoms in total. The van der Waals surface area contributed by atoms with E-state index in [1.54, 1.807) is 0 Å². The molecule has 0 bridgehead atoms. The summed E-state index contributed by atoms with van der Waals surface area (Å²) in [5.41, 5.74) is 0.430. The van der Waals surface area contributed by atoms with Crippen LogP contribution in [0.15, 0.2) is 24.3 Å². The number of benzene rings is 1. The first-order valence-corrected chi connectivity index (χ1v) is 11.0. The summed E-state index contributed by atoms with van der Waals surface area (Å²) in [6.07, 6.45) is -0.158. The smallest absolute Gasteiger partial charge is 0.308 e. The number of carbonyl (C=O) groups is 3. The van der Waals surface area contributed by atoms with Gasteiger partial charge in [-0.3, -0.25) is 24.2 Å². The molecule has 2 amide bonds. The molecule has 2 N–H and O–H groups in total. The van der Waals surface area contributed by atoms with Crippen LogP contribution in [0, 0.1) is 11.7 Å². The number of aliphatic carboxylic acids is 1. The second kappa shape index (κ2) is 11.3. The second-order valence-corrected chi connectivity index (χ2v) is 8.56. The van der Waals surface area contributed by atoms with Crippen LogP contribution in [0.2, 0.25) is 0 Å². The summed E-state index contributed by atoms with van der Waals surface area (Å²) in [5.74, 6) is -2.54. The number of piperazine rings is 2. The van der Waals surface area contributed by atoms with Crippen LogP contribution < -0.4 is 5.32 Å². The quantitative estimate of drug-likeness (QED) is 0.587. The Kier molecular flexibility index (Phi) is 8.54. The number of rotatable bonds is 8. The average Bonchev–Trinajstić information content (AvgIpc) is 2.76. The van der Waals surface area contributed by atoms with Crippen molar-refractivity contribution in [3.05, 3.63) is 30.1 Å². The van der Waals surface area contributed by atoms with Gasteiger partial charge in [0, 0.05) is 71.0 Å². The summed E-state index contributed by atoms with van der Waals surface area (Å²) in [6.45, 7) is 6.65. The Balaban J connectivity index is 1.41. The lowest BCUT2D eigenvalue weighted by Gasteiger charge is -2.37. The SMILES string of the molecule is CN1CCN(C(=O)CN2CCN(C[C@@H](CC(=O)Nc3ccc(F)cc3)C(=O)O)CC2)CC1. The van der Waals surface area contributed by atoms with Gasteiger partial charge in [0.15, 0.2) is 0 Å². The van der Waals surface area contributed by atoms with Gasteiger partial charge in [0.25, 0.3) is 0 Å². The van der Waals surface area contributed by atoms with Gasteiger partial charge in [0.05, 0.1) is 12.5 Å². The predicted molar refractivity (Wildman–Crippen MR) is 118 cm³/mol. The fourth-order valence-electron chi connectivity index (χ4n) is 3.99. The first kappa shape index (κ1) is 24.1. The van der Waals surface area contributed by atoms with Crippen LogP contribution in [0.25, 0.3) is 0 Å². The third-order valence-electron chi connectivity index (χ3n) is 6.07. The maximum absolute atomic E-state index is 13.0. The number of amides is 2. The highest BCUT2D eigenvalue weighted by atomic mass is 19.1. The van der Waals surface area contributed by atoms with E-state index in [-0.39, 0.29) is 18.9 Å². The summed E-state index contributed by atoms with van der Waals surface area (Å²) < 4.78 is 13.0. The molecule has 2 fully saturated rings. The molecular formula is C22H32FN5O4. The van der Waals surface area contributed by atoms with E-state index in [0.29, 0.717) is 38.4 Å². The Morgan fingerprint density at radius 1 is 0.969 bits per heavy atom. The van der Waals surface area contributed by atoms with Crippen molar-refractivity contribution in [3.8, 4) is 0 Å². The maximum Gasteiger partial charge on any atom is 0.308 e. The number of carboxylic acid groups (broad SMARTS) is 1. The van der Waals surface area contributed by atoms with Crippen LogP contribution in [-0.4, -0.2) is 115 Å². The Labute approximate surface area is 187 Å². The third kappa shape index (κ3) is 7.25. The second-order valence-electron chi connectivity index (χ2n) is 8.56. The molecule has 2 saturated heterocycles. The van der Waals surface area contributed by atoms with E-state index < -0.39 is 23.6 Å². The normalized spacial score (nSPS) is 19.5. The Morgan fingerprint density at radius 3 is 2.16 bits per heavy atom. The lowest BCUT2D eigenvalue weighted by Crippen LogP contribution is -2.53. The number of halogens is 1. The van der Waals surface area contributed by atoms with Crippen molar-refractivity contribution < 1.29 is 23.9 Å². The molecule has 0 saturated carbocycles. The molecular weight excluding hydrogens is 417 g/mol. The zero-order valence-electron chi connectivity index (χ0n) is 18.5. The van der Waals surface area contributed by atoms with Gasteiger partial charge in [-0.25, -0.2) is 4.39 Å². The van der Waals surface area contributed by atoms with E-state index in [1.165, 1.54) is 24.3 Å². The third-order valence-corrected chi connectivity index (χ3v) is 6.07. The van der Waals surface area contributed by atoms with Gasteiger partial charge in [-0.05, 0) is 31.3 Å². The number of carbonyl (C=O) groups excluding carboxylic acids is 2. The van der Waals surface area contributed by atoms with Gasteiger partial charge in [-0.15, -0.1) is 0 Å². The van der Waals surface area contributed by atoms with E-state index in [2.05, 4.69) is 22.2 Å². The molecule has 1 aromatic rings. The summed E-state index contributed by atoms with van der Waals surface area (Å²) >= 11 is 0. The van der Waals surface area contributed by atoms with Gasteiger partial charge in [-0.2, -0.15) is 0 Å². The van der Waals surface area contributed by atoms with Crippen molar-refractivity contribution in [1.29, 1.82) is 0 Å². The molecule has 10 heteroatoms. The first-order chi connectivity index (χ1) is 15.3. The summed E-state index contributed by atoms with van der Waals surface area (Å²) in [4.78, 5) is 44.7. The molecule has 2 aliphatic heterocycles. The van der Waals surface area contributed by atoms with Crippen LogP contribution in [0.4, 0.5) is 10.1 Å². The molecule has 176 valence electrons. The summed E-state index contributed by atoms with van der Waals surface area (Å²) in [5, 5.41) is 12.2. The number of nitrogens with one attached hydrogen (secondary N) is 1. The standard InChI is InChI=1S/C22H32FN5O4/c1-25-6-12-28(13-7-25)21(30)16-27-10-8-26(9-11-27)15-17(22(31)32)14-20(29)24-19-4-2-18(23)3-5-19/h2-5,17H,6-16H2,1H3,(H,24,29)(H,31,32)/t17-/m1/s1. The molecule has 0 spiro atoms. The van der Waals surface area contributed by atoms with Crippen molar-refractivity contribution in [2.45, 2.75) is 6.42 Å². The van der Waals surface area contributed by atoms with E-state index in [4.69, 9.17) is 0 Å². The van der Waals surface area contributed by atoms with Crippen LogP contribution >= 0.6 is 0 Å². The number of anilines is 1. The van der Waals surface area contributed by atoms with Crippen molar-refractivity contribution in [3.63, 3.8) is 0 Å². The minimum atomic E-state index is -1.02. The lowest BCUT2D eigenvalue weighted by molar-refractivity contribution is -0.144. The van der Waals surface area contributed by atoms with Gasteiger partial charge in [-0.1, -0.05) is 0 Å². The molecule has 1 aromatic carbocycles. The van der Waals surface area contributed by atoms with Crippen LogP contribution in [-0.2, 0) is 14.4 Å². The van der Waals surface area contributed by atoms with Gasteiger partial charge < -0.3 is 20.2 Å². The first-order valence-electron chi connectivity index (χ1n) is 11.0. The lowest BCUT2D eigenvalue weighted by atomic mass is 10.0. The number of likely N-dealkylation sites (N-methyl/N-ethyl adjacent to an activating group) is 1. The molecule has 1 atom stereocenters. The summed E-state index contributed by atoms with van der Waals surface area (Å²) in [7, 11) is 2.05. The van der Waals surface area contributed by atoms with E-state index >= 15 is 0 Å². The van der Waals surface area contributed by atoms with Crippen LogP contribution in [0.3, 0.4) is 0 Å². The molecule has 0 radical (unpaired) electrons. The Hall–Kier alpha value is -2.56. The topological polar surface area (TPSA) is 96.4 Å². The highest BCUT2D eigenvalue weighted by Crippen LogP contribution is 2.14. The largest absolute Gasteiger partial charge is 0.481 e. The summed E-state index contributed by atoms with van der Waals surface area (Å²) in [6, 6.07) is 5.34. The maximum atomic E-state index is 13.0. The predicted octanol–water partition coefficient (Wildman–Crippen LogP) is 0.247. The molecule has 0 unspecified atom stereocenters. The van der Waals surface area contributed by atoms with Crippen molar-refractivity contribution >= 4 is 23.5 Å². The fraction of sp³-hybridized carbons (Fsp3) is 0.591. The van der Waals surface area contributed by atoms with Gasteiger partial charge in [0.1, 0.15) is 5.82 Å². The molecule has 3 rings (SSSR count). The zero-order valence-corrected chi connectivity index (χ0v) is 18.5. The molecule has 2 heterocycles. The fourth-order valence-corrected chi connectivity index (χ4v) is 3.99.